The molecule has 1 aliphatic rings. The predicted octanol–water partition coefficient (Wildman–Crippen LogP) is 9.27. The van der Waals surface area contributed by atoms with Gasteiger partial charge in [-0.1, -0.05) is 95.0 Å². The number of fused-ring (bicyclic) bond motifs is 1. The Hall–Kier alpha value is -3.98. The van der Waals surface area contributed by atoms with Gasteiger partial charge >= 0.3 is 0 Å². The van der Waals surface area contributed by atoms with Gasteiger partial charge in [0.2, 0.25) is 0 Å². The number of anilines is 1. The van der Waals surface area contributed by atoms with Gasteiger partial charge < -0.3 is 14.4 Å². The summed E-state index contributed by atoms with van der Waals surface area (Å²) in [4.78, 5) is 2.49. The number of benzene rings is 3. The monoisotopic (exact) mass is 547 g/mol. The van der Waals surface area contributed by atoms with Crippen LogP contribution >= 0.6 is 0 Å². The second kappa shape index (κ2) is 12.7. The molecular formula is C38H45NO2. The van der Waals surface area contributed by atoms with Crippen LogP contribution in [0.1, 0.15) is 56.4 Å². The van der Waals surface area contributed by atoms with E-state index in [4.69, 9.17) is 9.47 Å². The summed E-state index contributed by atoms with van der Waals surface area (Å²) < 4.78 is 11.1. The first-order valence-electron chi connectivity index (χ1n) is 14.5. The average Bonchev–Trinajstić information content (AvgIpc) is 3.18. The molecule has 0 aromatic heterocycles. The molecule has 214 valence electrons. The molecule has 0 radical (unpaired) electrons. The standard InChI is InChI=1S/C38H45NO2/c1-28-21-22-31(40-7)26-33(28)37(3,4)29(2)16-11-9-14-20-36-38(5,6)34-27-32(41-8)23-24-35(34)39(36)25-15-19-30-17-12-10-13-18-30/h9-14,16-18,20-24,26-27H,2,15,19,25H2,1,3-8H3/b14-9+,16-11+,36-20+. The van der Waals surface area contributed by atoms with E-state index < -0.39 is 0 Å². The maximum atomic E-state index is 5.58. The van der Waals surface area contributed by atoms with E-state index in [1.807, 2.05) is 6.07 Å². The Bertz CT molecular complexity index is 1460. The minimum absolute atomic E-state index is 0.139. The van der Waals surface area contributed by atoms with Crippen LogP contribution in [-0.4, -0.2) is 20.8 Å². The number of aryl methyl sites for hydroxylation is 2. The third-order valence-corrected chi connectivity index (χ3v) is 8.48. The van der Waals surface area contributed by atoms with E-state index in [0.29, 0.717) is 0 Å². The summed E-state index contributed by atoms with van der Waals surface area (Å²) in [5.74, 6) is 1.77. The third kappa shape index (κ3) is 6.51. The number of allylic oxidation sites excluding steroid dienone is 7. The maximum absolute atomic E-state index is 5.58. The minimum Gasteiger partial charge on any atom is -0.497 e. The van der Waals surface area contributed by atoms with Gasteiger partial charge in [-0.25, -0.2) is 0 Å². The number of methoxy groups -OCH3 is 2. The Kier molecular flexibility index (Phi) is 9.28. The third-order valence-electron chi connectivity index (χ3n) is 8.48. The first kappa shape index (κ1) is 30.0. The molecule has 0 unspecified atom stereocenters. The van der Waals surface area contributed by atoms with E-state index in [1.165, 1.54) is 33.6 Å². The highest BCUT2D eigenvalue weighted by Crippen LogP contribution is 2.49. The van der Waals surface area contributed by atoms with Crippen LogP contribution < -0.4 is 14.4 Å². The smallest absolute Gasteiger partial charge is 0.119 e. The number of hydrogen-bond acceptors (Lipinski definition) is 3. The Morgan fingerprint density at radius 1 is 0.902 bits per heavy atom. The Labute approximate surface area is 247 Å². The zero-order valence-corrected chi connectivity index (χ0v) is 25.8. The molecular weight excluding hydrogens is 502 g/mol. The fraction of sp³-hybridized carbons (Fsp3) is 0.316. The van der Waals surface area contributed by atoms with E-state index in [9.17, 15) is 0 Å². The molecule has 0 saturated heterocycles. The summed E-state index contributed by atoms with van der Waals surface area (Å²) in [6, 6.07) is 23.4. The first-order chi connectivity index (χ1) is 19.6. The summed E-state index contributed by atoms with van der Waals surface area (Å²) in [6.07, 6.45) is 12.9. The molecule has 0 atom stereocenters. The van der Waals surface area contributed by atoms with Crippen LogP contribution in [0.15, 0.2) is 115 Å². The van der Waals surface area contributed by atoms with E-state index in [1.54, 1.807) is 14.2 Å². The van der Waals surface area contributed by atoms with Gasteiger partial charge in [-0.2, -0.15) is 0 Å². The van der Waals surface area contributed by atoms with Gasteiger partial charge in [0.1, 0.15) is 11.5 Å². The van der Waals surface area contributed by atoms with Crippen LogP contribution in [0, 0.1) is 6.92 Å². The normalized spacial score (nSPS) is 15.6. The second-order valence-corrected chi connectivity index (χ2v) is 11.9. The number of rotatable bonds is 11. The maximum Gasteiger partial charge on any atom is 0.119 e. The van der Waals surface area contributed by atoms with Crippen molar-refractivity contribution in [1.82, 2.24) is 0 Å². The highest BCUT2D eigenvalue weighted by Gasteiger charge is 2.39. The van der Waals surface area contributed by atoms with Gasteiger partial charge in [-0.05, 0) is 84.0 Å². The highest BCUT2D eigenvalue weighted by atomic mass is 16.5. The van der Waals surface area contributed by atoms with Crippen molar-refractivity contribution in [3.8, 4) is 11.5 Å². The van der Waals surface area contributed by atoms with Crippen LogP contribution in [0.5, 0.6) is 11.5 Å². The topological polar surface area (TPSA) is 21.7 Å². The van der Waals surface area contributed by atoms with Crippen molar-refractivity contribution in [2.24, 2.45) is 0 Å². The minimum atomic E-state index is -0.217. The molecule has 3 heteroatoms. The fourth-order valence-electron chi connectivity index (χ4n) is 5.77. The van der Waals surface area contributed by atoms with E-state index >= 15 is 0 Å². The summed E-state index contributed by atoms with van der Waals surface area (Å²) >= 11 is 0. The number of ether oxygens (including phenoxy) is 2. The van der Waals surface area contributed by atoms with Crippen molar-refractivity contribution in [2.75, 3.05) is 25.7 Å². The molecule has 0 aliphatic carbocycles. The molecule has 0 fully saturated rings. The molecule has 1 aliphatic heterocycles. The van der Waals surface area contributed by atoms with Gasteiger partial charge in [0, 0.05) is 28.8 Å². The average molecular weight is 548 g/mol. The van der Waals surface area contributed by atoms with Crippen LogP contribution in [-0.2, 0) is 17.3 Å². The lowest BCUT2D eigenvalue weighted by atomic mass is 9.76. The molecule has 0 bridgehead atoms. The van der Waals surface area contributed by atoms with Crippen LogP contribution in [0.4, 0.5) is 5.69 Å². The molecule has 3 nitrogen and oxygen atoms in total. The molecule has 4 rings (SSSR count). The molecule has 0 N–H and O–H groups in total. The van der Waals surface area contributed by atoms with Crippen molar-refractivity contribution >= 4 is 5.69 Å². The Morgan fingerprint density at radius 3 is 2.29 bits per heavy atom. The lowest BCUT2D eigenvalue weighted by Crippen LogP contribution is -2.27. The molecule has 0 amide bonds. The zero-order chi connectivity index (χ0) is 29.6. The summed E-state index contributed by atoms with van der Waals surface area (Å²) in [7, 11) is 3.44. The Morgan fingerprint density at radius 2 is 1.59 bits per heavy atom. The quantitative estimate of drug-likeness (QED) is 0.223. The SMILES string of the molecule is C=C(/C=C/C=C/C=C1/N(CCCc2ccccc2)c2ccc(OC)cc2C1(C)C)C(C)(C)c1cc(OC)ccc1C. The van der Waals surface area contributed by atoms with Gasteiger partial charge in [-0.15, -0.1) is 0 Å². The number of hydrogen-bond donors (Lipinski definition) is 0. The van der Waals surface area contributed by atoms with Crippen LogP contribution in [0.3, 0.4) is 0 Å². The van der Waals surface area contributed by atoms with E-state index in [0.717, 1.165) is 36.5 Å². The molecule has 41 heavy (non-hydrogen) atoms. The predicted molar refractivity (Wildman–Crippen MR) is 174 cm³/mol. The summed E-state index contributed by atoms with van der Waals surface area (Å²) in [6.45, 7) is 16.6. The first-order valence-corrected chi connectivity index (χ1v) is 14.5. The van der Waals surface area contributed by atoms with Gasteiger partial charge in [0.05, 0.1) is 14.2 Å². The molecule has 3 aromatic rings. The zero-order valence-electron chi connectivity index (χ0n) is 25.8. The van der Waals surface area contributed by atoms with E-state index in [2.05, 4.69) is 137 Å². The van der Waals surface area contributed by atoms with Crippen molar-refractivity contribution in [1.29, 1.82) is 0 Å². The molecule has 0 saturated carbocycles. The second-order valence-electron chi connectivity index (χ2n) is 11.9. The molecule has 3 aromatic carbocycles. The highest BCUT2D eigenvalue weighted by molar-refractivity contribution is 5.72. The largest absolute Gasteiger partial charge is 0.497 e. The molecule has 0 spiro atoms. The lowest BCUT2D eigenvalue weighted by molar-refractivity contribution is 0.413. The lowest BCUT2D eigenvalue weighted by Gasteiger charge is -2.28. The van der Waals surface area contributed by atoms with Crippen LogP contribution in [0.25, 0.3) is 0 Å². The van der Waals surface area contributed by atoms with Gasteiger partial charge in [0.15, 0.2) is 0 Å². The van der Waals surface area contributed by atoms with Crippen molar-refractivity contribution < 1.29 is 9.47 Å². The van der Waals surface area contributed by atoms with Crippen molar-refractivity contribution in [2.45, 2.75) is 58.3 Å². The van der Waals surface area contributed by atoms with Crippen LogP contribution in [0.2, 0.25) is 0 Å². The summed E-state index contributed by atoms with van der Waals surface area (Å²) in [5.41, 5.74) is 8.40. The Balaban J connectivity index is 1.54. The van der Waals surface area contributed by atoms with E-state index in [-0.39, 0.29) is 10.8 Å². The molecule has 1 heterocycles. The van der Waals surface area contributed by atoms with Gasteiger partial charge in [0.25, 0.3) is 0 Å². The fourth-order valence-corrected chi connectivity index (χ4v) is 5.77. The van der Waals surface area contributed by atoms with Crippen molar-refractivity contribution in [3.63, 3.8) is 0 Å². The van der Waals surface area contributed by atoms with Crippen molar-refractivity contribution in [3.05, 3.63) is 137 Å². The summed E-state index contributed by atoms with van der Waals surface area (Å²) in [5, 5.41) is 0. The number of nitrogens with zero attached hydrogens (tertiary/aromatic N) is 1. The van der Waals surface area contributed by atoms with Gasteiger partial charge in [-0.3, -0.25) is 0 Å².